The molecule has 30 heavy (non-hydrogen) atoms. The maximum Gasteiger partial charge on any atom is 0.243 e. The fourth-order valence-electron chi connectivity index (χ4n) is 3.50. The Hall–Kier alpha value is -2.55. The van der Waals surface area contributed by atoms with Crippen molar-refractivity contribution in [1.82, 2.24) is 19.3 Å². The first-order valence-corrected chi connectivity index (χ1v) is 11.6. The Morgan fingerprint density at radius 1 is 0.967 bits per heavy atom. The molecule has 0 unspecified atom stereocenters. The van der Waals surface area contributed by atoms with Crippen LogP contribution in [0.5, 0.6) is 0 Å². The van der Waals surface area contributed by atoms with Crippen LogP contribution in [-0.4, -0.2) is 53.9 Å². The molecule has 1 aromatic heterocycles. The molecule has 3 aromatic rings. The molecule has 0 aliphatic carbocycles. The predicted molar refractivity (Wildman–Crippen MR) is 114 cm³/mol. The zero-order valence-corrected chi connectivity index (χ0v) is 18.1. The molecule has 0 bridgehead atoms. The molecule has 0 saturated carbocycles. The third kappa shape index (κ3) is 4.45. The van der Waals surface area contributed by atoms with Crippen molar-refractivity contribution < 1.29 is 12.9 Å². The molecule has 1 aliphatic heterocycles. The Bertz CT molecular complexity index is 1080. The molecule has 1 fully saturated rings. The average Bonchev–Trinajstić information content (AvgIpc) is 3.23. The van der Waals surface area contributed by atoms with Crippen molar-refractivity contribution in [2.24, 2.45) is 0 Å². The number of hydrogen-bond acceptors (Lipinski definition) is 6. The monoisotopic (exact) mass is 426 g/mol. The van der Waals surface area contributed by atoms with Crippen LogP contribution in [0.15, 0.2) is 57.9 Å². The molecule has 0 amide bonds. The summed E-state index contributed by atoms with van der Waals surface area (Å²) in [6, 6.07) is 15.1. The number of aryl methyl sites for hydroxylation is 2. The van der Waals surface area contributed by atoms with E-state index in [4.69, 9.17) is 4.52 Å². The fraction of sp³-hybridized carbons (Fsp3) is 0.364. The minimum Gasteiger partial charge on any atom is -0.338 e. The maximum absolute atomic E-state index is 12.9. The molecular formula is C22H26N4O3S. The second kappa shape index (κ2) is 8.67. The van der Waals surface area contributed by atoms with Crippen molar-refractivity contribution in [2.75, 3.05) is 26.2 Å². The first-order valence-electron chi connectivity index (χ1n) is 10.2. The number of nitrogens with zero attached hydrogens (tertiary/aromatic N) is 4. The van der Waals surface area contributed by atoms with Gasteiger partial charge < -0.3 is 4.52 Å². The van der Waals surface area contributed by atoms with Gasteiger partial charge in [-0.3, -0.25) is 4.90 Å². The summed E-state index contributed by atoms with van der Waals surface area (Å²) in [7, 11) is -3.46. The lowest BCUT2D eigenvalue weighted by atomic mass is 10.1. The minimum atomic E-state index is -3.46. The Labute approximate surface area is 177 Å². The van der Waals surface area contributed by atoms with Crippen molar-refractivity contribution in [3.63, 3.8) is 0 Å². The number of sulfonamides is 1. The molecule has 0 N–H and O–H groups in total. The van der Waals surface area contributed by atoms with Gasteiger partial charge in [0.2, 0.25) is 21.7 Å². The third-order valence-electron chi connectivity index (χ3n) is 5.44. The van der Waals surface area contributed by atoms with E-state index >= 15 is 0 Å². The van der Waals surface area contributed by atoms with Crippen LogP contribution in [0.1, 0.15) is 23.9 Å². The summed E-state index contributed by atoms with van der Waals surface area (Å²) in [5.74, 6) is 1.11. The second-order valence-corrected chi connectivity index (χ2v) is 9.49. The highest BCUT2D eigenvalue weighted by Gasteiger charge is 2.29. The molecule has 2 aromatic carbocycles. The van der Waals surface area contributed by atoms with Crippen molar-refractivity contribution >= 4 is 10.0 Å². The van der Waals surface area contributed by atoms with E-state index in [0.717, 1.165) is 17.5 Å². The number of piperazine rings is 1. The lowest BCUT2D eigenvalue weighted by Gasteiger charge is -2.33. The molecule has 0 radical (unpaired) electrons. The van der Waals surface area contributed by atoms with E-state index < -0.39 is 10.0 Å². The SMILES string of the molecule is CCc1ccc(S(=O)(=O)N2CCN(Cc3nc(-c4ccc(C)cc4)no3)CC2)cc1. The molecule has 1 aliphatic rings. The summed E-state index contributed by atoms with van der Waals surface area (Å²) in [6.07, 6.45) is 0.889. The summed E-state index contributed by atoms with van der Waals surface area (Å²) < 4.78 is 32.8. The van der Waals surface area contributed by atoms with E-state index in [1.807, 2.05) is 43.3 Å². The van der Waals surface area contributed by atoms with Gasteiger partial charge in [-0.25, -0.2) is 8.42 Å². The van der Waals surface area contributed by atoms with E-state index in [1.165, 1.54) is 5.56 Å². The van der Waals surface area contributed by atoms with Crippen LogP contribution >= 0.6 is 0 Å². The van der Waals surface area contributed by atoms with Gasteiger partial charge in [0.1, 0.15) is 0 Å². The summed E-state index contributed by atoms with van der Waals surface area (Å²) in [5.41, 5.74) is 3.22. The largest absolute Gasteiger partial charge is 0.338 e. The normalized spacial score (nSPS) is 16.1. The van der Waals surface area contributed by atoms with Crippen molar-refractivity contribution in [3.8, 4) is 11.4 Å². The summed E-state index contributed by atoms with van der Waals surface area (Å²) >= 11 is 0. The van der Waals surface area contributed by atoms with Crippen LogP contribution in [0.25, 0.3) is 11.4 Å². The minimum absolute atomic E-state index is 0.354. The van der Waals surface area contributed by atoms with Crippen molar-refractivity contribution in [3.05, 3.63) is 65.5 Å². The van der Waals surface area contributed by atoms with Gasteiger partial charge in [0.25, 0.3) is 0 Å². The van der Waals surface area contributed by atoms with E-state index in [-0.39, 0.29) is 0 Å². The van der Waals surface area contributed by atoms with Gasteiger partial charge in [0.15, 0.2) is 0 Å². The Kier molecular flexibility index (Phi) is 5.99. The Balaban J connectivity index is 1.36. The highest BCUT2D eigenvalue weighted by molar-refractivity contribution is 7.89. The van der Waals surface area contributed by atoms with Crippen LogP contribution in [0.4, 0.5) is 0 Å². The second-order valence-electron chi connectivity index (χ2n) is 7.56. The van der Waals surface area contributed by atoms with E-state index in [2.05, 4.69) is 22.0 Å². The zero-order chi connectivity index (χ0) is 21.1. The van der Waals surface area contributed by atoms with Gasteiger partial charge in [0, 0.05) is 31.7 Å². The van der Waals surface area contributed by atoms with Crippen LogP contribution < -0.4 is 0 Å². The first kappa shape index (κ1) is 20.7. The number of aromatic nitrogens is 2. The van der Waals surface area contributed by atoms with Crippen LogP contribution in [0.3, 0.4) is 0 Å². The third-order valence-corrected chi connectivity index (χ3v) is 7.35. The van der Waals surface area contributed by atoms with Crippen LogP contribution in [-0.2, 0) is 23.0 Å². The van der Waals surface area contributed by atoms with E-state index in [9.17, 15) is 8.42 Å². The Morgan fingerprint density at radius 3 is 2.27 bits per heavy atom. The quantitative estimate of drug-likeness (QED) is 0.603. The molecule has 8 heteroatoms. The number of benzene rings is 2. The standard InChI is InChI=1S/C22H26N4O3S/c1-3-18-6-10-20(11-7-18)30(27,28)26-14-12-25(13-15-26)16-21-23-22(24-29-21)19-8-4-17(2)5-9-19/h4-11H,3,12-16H2,1-2H3. The lowest BCUT2D eigenvalue weighted by Crippen LogP contribution is -2.48. The van der Waals surface area contributed by atoms with E-state index in [0.29, 0.717) is 49.3 Å². The first-order chi connectivity index (χ1) is 14.5. The highest BCUT2D eigenvalue weighted by atomic mass is 32.2. The van der Waals surface area contributed by atoms with Crippen molar-refractivity contribution in [1.29, 1.82) is 0 Å². The maximum atomic E-state index is 12.9. The van der Waals surface area contributed by atoms with Crippen LogP contribution in [0.2, 0.25) is 0 Å². The van der Waals surface area contributed by atoms with Gasteiger partial charge in [-0.05, 0) is 31.0 Å². The molecule has 1 saturated heterocycles. The van der Waals surface area contributed by atoms with Gasteiger partial charge in [-0.2, -0.15) is 9.29 Å². The number of rotatable bonds is 6. The molecule has 4 rings (SSSR count). The molecule has 0 atom stereocenters. The molecule has 2 heterocycles. The Morgan fingerprint density at radius 2 is 1.63 bits per heavy atom. The predicted octanol–water partition coefficient (Wildman–Crippen LogP) is 3.11. The van der Waals surface area contributed by atoms with Gasteiger partial charge >= 0.3 is 0 Å². The summed E-state index contributed by atoms with van der Waals surface area (Å²) in [4.78, 5) is 6.98. The molecule has 7 nitrogen and oxygen atoms in total. The summed E-state index contributed by atoms with van der Waals surface area (Å²) in [5, 5.41) is 4.07. The van der Waals surface area contributed by atoms with E-state index in [1.54, 1.807) is 16.4 Å². The lowest BCUT2D eigenvalue weighted by molar-refractivity contribution is 0.163. The topological polar surface area (TPSA) is 79.5 Å². The zero-order valence-electron chi connectivity index (χ0n) is 17.3. The molecule has 158 valence electrons. The van der Waals surface area contributed by atoms with Gasteiger partial charge in [-0.15, -0.1) is 0 Å². The average molecular weight is 427 g/mol. The highest BCUT2D eigenvalue weighted by Crippen LogP contribution is 2.20. The van der Waals surface area contributed by atoms with Crippen LogP contribution in [0, 0.1) is 6.92 Å². The van der Waals surface area contributed by atoms with Gasteiger partial charge in [0.05, 0.1) is 11.4 Å². The van der Waals surface area contributed by atoms with Crippen molar-refractivity contribution in [2.45, 2.75) is 31.7 Å². The number of hydrogen-bond donors (Lipinski definition) is 0. The summed E-state index contributed by atoms with van der Waals surface area (Å²) in [6.45, 7) is 6.72. The molecular weight excluding hydrogens is 400 g/mol. The molecule has 0 spiro atoms. The van der Waals surface area contributed by atoms with Gasteiger partial charge in [-0.1, -0.05) is 54.0 Å². The smallest absolute Gasteiger partial charge is 0.243 e. The fourth-order valence-corrected chi connectivity index (χ4v) is 4.93.